The molecule has 1 saturated carbocycles. The molecule has 0 amide bonds. The van der Waals surface area contributed by atoms with E-state index in [0.29, 0.717) is 22.5 Å². The Balaban J connectivity index is 1.81. The zero-order valence-electron chi connectivity index (χ0n) is 12.1. The molecule has 6 heteroatoms. The van der Waals surface area contributed by atoms with Crippen LogP contribution in [0.5, 0.6) is 0 Å². The third-order valence-corrected chi connectivity index (χ3v) is 4.45. The molecule has 0 radical (unpaired) electrons. The maximum atomic E-state index is 14.5. The third kappa shape index (κ3) is 2.73. The molecular weight excluding hydrogens is 307 g/mol. The van der Waals surface area contributed by atoms with Crippen LogP contribution in [0, 0.1) is 11.7 Å². The number of nitrogens with zero attached hydrogens (tertiary/aromatic N) is 1. The van der Waals surface area contributed by atoms with Gasteiger partial charge in [0.25, 0.3) is 0 Å². The number of hydrogen-bond acceptors (Lipinski definition) is 4. The van der Waals surface area contributed by atoms with Gasteiger partial charge in [-0.25, -0.2) is 4.39 Å². The lowest BCUT2D eigenvalue weighted by molar-refractivity contribution is -0.145. The highest BCUT2D eigenvalue weighted by molar-refractivity contribution is 6.35. The molecule has 1 heterocycles. The van der Waals surface area contributed by atoms with Gasteiger partial charge in [-0.15, -0.1) is 0 Å². The van der Waals surface area contributed by atoms with Gasteiger partial charge in [0.15, 0.2) is 5.82 Å². The van der Waals surface area contributed by atoms with Crippen molar-refractivity contribution in [1.29, 1.82) is 0 Å². The van der Waals surface area contributed by atoms with Crippen molar-refractivity contribution in [3.05, 3.63) is 35.2 Å². The lowest BCUT2D eigenvalue weighted by atomic mass is 10.1. The summed E-state index contributed by atoms with van der Waals surface area (Å²) >= 11 is 6.04. The van der Waals surface area contributed by atoms with Gasteiger partial charge in [0.2, 0.25) is 0 Å². The molecule has 3 rings (SSSR count). The molecule has 22 heavy (non-hydrogen) atoms. The monoisotopic (exact) mass is 322 g/mol. The molecule has 0 aliphatic heterocycles. The maximum absolute atomic E-state index is 14.5. The molecule has 4 nitrogen and oxygen atoms in total. The van der Waals surface area contributed by atoms with Crippen molar-refractivity contribution in [2.75, 3.05) is 12.4 Å². The number of methoxy groups -OCH3 is 1. The van der Waals surface area contributed by atoms with Gasteiger partial charge in [-0.3, -0.25) is 9.78 Å². The summed E-state index contributed by atoms with van der Waals surface area (Å²) in [5.41, 5.74) is 0.637. The molecular formula is C16H16ClFN2O2. The van der Waals surface area contributed by atoms with Crippen LogP contribution in [0.15, 0.2) is 24.4 Å². The number of nitrogens with one attached hydrogen (secondary N) is 1. The third-order valence-electron chi connectivity index (χ3n) is 4.12. The first kappa shape index (κ1) is 15.0. The molecule has 0 bridgehead atoms. The Morgan fingerprint density at radius 2 is 2.23 bits per heavy atom. The highest BCUT2D eigenvalue weighted by atomic mass is 35.5. The van der Waals surface area contributed by atoms with Gasteiger partial charge >= 0.3 is 5.97 Å². The Kier molecular flexibility index (Phi) is 4.16. The number of pyridine rings is 1. The van der Waals surface area contributed by atoms with E-state index in [0.717, 1.165) is 12.8 Å². The predicted octanol–water partition coefficient (Wildman–Crippen LogP) is 3.78. The van der Waals surface area contributed by atoms with Crippen molar-refractivity contribution >= 4 is 34.2 Å². The van der Waals surface area contributed by atoms with Gasteiger partial charge in [0, 0.05) is 17.6 Å². The average molecular weight is 323 g/mol. The number of hydrogen-bond donors (Lipinski definition) is 1. The summed E-state index contributed by atoms with van der Waals surface area (Å²) < 4.78 is 19.3. The van der Waals surface area contributed by atoms with Gasteiger partial charge in [0.05, 0.1) is 23.7 Å². The van der Waals surface area contributed by atoms with E-state index in [4.69, 9.17) is 16.3 Å². The molecule has 1 aliphatic carbocycles. The number of benzene rings is 1. The topological polar surface area (TPSA) is 51.2 Å². The van der Waals surface area contributed by atoms with Crippen molar-refractivity contribution in [1.82, 2.24) is 4.98 Å². The van der Waals surface area contributed by atoms with Crippen LogP contribution in [0.3, 0.4) is 0 Å². The van der Waals surface area contributed by atoms with Crippen LogP contribution < -0.4 is 5.32 Å². The summed E-state index contributed by atoms with van der Waals surface area (Å²) in [5.74, 6) is -0.725. The van der Waals surface area contributed by atoms with Crippen molar-refractivity contribution in [2.24, 2.45) is 5.92 Å². The van der Waals surface area contributed by atoms with Crippen LogP contribution in [0.1, 0.15) is 19.3 Å². The Morgan fingerprint density at radius 3 is 3.00 bits per heavy atom. The minimum atomic E-state index is -0.415. The highest BCUT2D eigenvalue weighted by Crippen LogP contribution is 2.32. The molecule has 0 unspecified atom stereocenters. The second-order valence-corrected chi connectivity index (χ2v) is 5.90. The van der Waals surface area contributed by atoms with E-state index in [-0.39, 0.29) is 23.4 Å². The smallest absolute Gasteiger partial charge is 0.308 e. The van der Waals surface area contributed by atoms with Crippen molar-refractivity contribution in [3.8, 4) is 0 Å². The van der Waals surface area contributed by atoms with E-state index >= 15 is 0 Å². The molecule has 1 aromatic heterocycles. The summed E-state index contributed by atoms with van der Waals surface area (Å²) in [6.07, 6.45) is 3.69. The zero-order valence-corrected chi connectivity index (χ0v) is 12.9. The number of halogens is 2. The van der Waals surface area contributed by atoms with Crippen LogP contribution >= 0.6 is 11.6 Å². The molecule has 2 aromatic rings. The predicted molar refractivity (Wildman–Crippen MR) is 83.5 cm³/mol. The first-order valence-electron chi connectivity index (χ1n) is 7.17. The molecule has 2 atom stereocenters. The van der Waals surface area contributed by atoms with E-state index < -0.39 is 5.82 Å². The fourth-order valence-electron chi connectivity index (χ4n) is 2.98. The molecule has 0 spiro atoms. The molecule has 1 aliphatic rings. The van der Waals surface area contributed by atoms with E-state index in [2.05, 4.69) is 10.3 Å². The van der Waals surface area contributed by atoms with E-state index in [9.17, 15) is 9.18 Å². The van der Waals surface area contributed by atoms with Crippen LogP contribution in [0.2, 0.25) is 5.02 Å². The number of carbonyl (C=O) groups excluding carboxylic acids is 1. The normalized spacial score (nSPS) is 21.0. The second-order valence-electron chi connectivity index (χ2n) is 5.49. The fraction of sp³-hybridized carbons (Fsp3) is 0.375. The summed E-state index contributed by atoms with van der Waals surface area (Å²) in [6.45, 7) is 0. The van der Waals surface area contributed by atoms with Gasteiger partial charge in [-0.2, -0.15) is 0 Å². The van der Waals surface area contributed by atoms with Gasteiger partial charge < -0.3 is 10.1 Å². The largest absolute Gasteiger partial charge is 0.469 e. The van der Waals surface area contributed by atoms with E-state index in [1.165, 1.54) is 13.3 Å². The van der Waals surface area contributed by atoms with Crippen molar-refractivity contribution < 1.29 is 13.9 Å². The first-order chi connectivity index (χ1) is 10.6. The standard InChI is InChI=1S/C16H16ClFN2O2/c1-22-16(21)9-2-3-10(8-9)20-13-5-4-11-12(17)6-7-19-15(11)14(13)18/h4-7,9-10,20H,2-3,8H2,1H3/t9-,10+/m0/s1. The van der Waals surface area contributed by atoms with Crippen LogP contribution in [0.25, 0.3) is 10.9 Å². The lowest BCUT2D eigenvalue weighted by Gasteiger charge is -2.15. The molecule has 1 N–H and O–H groups in total. The summed E-state index contributed by atoms with van der Waals surface area (Å²) in [4.78, 5) is 15.6. The first-order valence-corrected chi connectivity index (χ1v) is 7.55. The minimum absolute atomic E-state index is 0.0511. The number of fused-ring (bicyclic) bond motifs is 1. The molecule has 0 saturated heterocycles. The van der Waals surface area contributed by atoms with Crippen LogP contribution in [-0.4, -0.2) is 24.1 Å². The summed E-state index contributed by atoms with van der Waals surface area (Å²) in [5, 5.41) is 4.23. The van der Waals surface area contributed by atoms with E-state index in [1.54, 1.807) is 18.2 Å². The molecule has 1 aromatic carbocycles. The molecule has 116 valence electrons. The Morgan fingerprint density at radius 1 is 1.41 bits per heavy atom. The maximum Gasteiger partial charge on any atom is 0.308 e. The average Bonchev–Trinajstić information content (AvgIpc) is 2.98. The minimum Gasteiger partial charge on any atom is -0.469 e. The fourth-order valence-corrected chi connectivity index (χ4v) is 3.18. The van der Waals surface area contributed by atoms with E-state index in [1.807, 2.05) is 0 Å². The number of esters is 1. The van der Waals surface area contributed by atoms with Crippen molar-refractivity contribution in [3.63, 3.8) is 0 Å². The number of aromatic nitrogens is 1. The Hall–Kier alpha value is -1.88. The molecule has 1 fully saturated rings. The summed E-state index contributed by atoms with van der Waals surface area (Å²) in [7, 11) is 1.39. The van der Waals surface area contributed by atoms with Gasteiger partial charge in [-0.05, 0) is 37.5 Å². The number of rotatable bonds is 3. The zero-order chi connectivity index (χ0) is 15.7. The second kappa shape index (κ2) is 6.08. The highest BCUT2D eigenvalue weighted by Gasteiger charge is 2.31. The van der Waals surface area contributed by atoms with Gasteiger partial charge in [0.1, 0.15) is 5.52 Å². The number of carbonyl (C=O) groups is 1. The van der Waals surface area contributed by atoms with Crippen LogP contribution in [0.4, 0.5) is 10.1 Å². The number of ether oxygens (including phenoxy) is 1. The quantitative estimate of drug-likeness (QED) is 0.874. The summed E-state index contributed by atoms with van der Waals surface area (Å²) in [6, 6.07) is 5.10. The van der Waals surface area contributed by atoms with Crippen molar-refractivity contribution in [2.45, 2.75) is 25.3 Å². The number of anilines is 1. The SMILES string of the molecule is COC(=O)[C@H]1CC[C@@H](Nc2ccc3c(Cl)ccnc3c2F)C1. The van der Waals surface area contributed by atoms with Crippen LogP contribution in [-0.2, 0) is 9.53 Å². The van der Waals surface area contributed by atoms with Gasteiger partial charge in [-0.1, -0.05) is 11.6 Å². The Labute approximate surface area is 132 Å². The lowest BCUT2D eigenvalue weighted by Crippen LogP contribution is -2.19. The Bertz CT molecular complexity index is 723.